The Kier molecular flexibility index (Phi) is 3.40. The van der Waals surface area contributed by atoms with Crippen molar-refractivity contribution in [1.82, 2.24) is 10.3 Å². The highest BCUT2D eigenvalue weighted by atomic mass is 35.5. The number of rotatable bonds is 2. The van der Waals surface area contributed by atoms with E-state index in [4.69, 9.17) is 23.2 Å². The fraction of sp³-hybridized carbons (Fsp3) is 0.625. The number of pyridine rings is 1. The standard InChI is InChI=1S/C16H18Cl2N2O2/c17-12-2-1-11(14(18)19-12)15(21)20-13-9-3-8-4-10(13)7-16(22,5-8)6-9/h1-2,8-10,13,22H,3-7H2,(H,20,21)/t8?,9?,10?,13-,16+. The highest BCUT2D eigenvalue weighted by Gasteiger charge is 2.55. The molecule has 0 aromatic carbocycles. The molecule has 4 bridgehead atoms. The maximum atomic E-state index is 12.5. The van der Waals surface area contributed by atoms with E-state index in [1.165, 1.54) is 0 Å². The summed E-state index contributed by atoms with van der Waals surface area (Å²) < 4.78 is 0. The van der Waals surface area contributed by atoms with Crippen LogP contribution in [0.3, 0.4) is 0 Å². The number of nitrogens with one attached hydrogen (secondary N) is 1. The number of nitrogens with zero attached hydrogens (tertiary/aromatic N) is 1. The lowest BCUT2D eigenvalue weighted by Gasteiger charge is -2.58. The summed E-state index contributed by atoms with van der Waals surface area (Å²) in [5, 5.41) is 14.1. The fourth-order valence-corrected chi connectivity index (χ4v) is 5.46. The van der Waals surface area contributed by atoms with Crippen molar-refractivity contribution in [1.29, 1.82) is 0 Å². The summed E-state index contributed by atoms with van der Waals surface area (Å²) in [5.74, 6) is 1.17. The van der Waals surface area contributed by atoms with Gasteiger partial charge in [-0.25, -0.2) is 4.98 Å². The molecule has 0 radical (unpaired) electrons. The minimum absolute atomic E-state index is 0.132. The van der Waals surface area contributed by atoms with Gasteiger partial charge in [-0.2, -0.15) is 0 Å². The van der Waals surface area contributed by atoms with Crippen LogP contribution in [0.5, 0.6) is 0 Å². The number of amides is 1. The van der Waals surface area contributed by atoms with Gasteiger partial charge in [-0.15, -0.1) is 0 Å². The van der Waals surface area contributed by atoms with E-state index in [-0.39, 0.29) is 22.3 Å². The van der Waals surface area contributed by atoms with Crippen LogP contribution < -0.4 is 5.32 Å². The SMILES string of the molecule is O=C(N[C@H]1C2CC3CC1C[C@@](O)(C3)C2)c1ccc(Cl)nc1Cl. The van der Waals surface area contributed by atoms with Gasteiger partial charge in [0, 0.05) is 6.04 Å². The minimum Gasteiger partial charge on any atom is -0.390 e. The zero-order chi connectivity index (χ0) is 15.5. The van der Waals surface area contributed by atoms with E-state index in [0.29, 0.717) is 23.3 Å². The van der Waals surface area contributed by atoms with E-state index in [2.05, 4.69) is 10.3 Å². The van der Waals surface area contributed by atoms with Gasteiger partial charge in [-0.05, 0) is 62.0 Å². The predicted octanol–water partition coefficient (Wildman–Crippen LogP) is 3.06. The highest BCUT2D eigenvalue weighted by Crippen LogP contribution is 2.55. The predicted molar refractivity (Wildman–Crippen MR) is 84.0 cm³/mol. The van der Waals surface area contributed by atoms with Crippen molar-refractivity contribution < 1.29 is 9.90 Å². The zero-order valence-corrected chi connectivity index (χ0v) is 13.6. The number of aliphatic hydroxyl groups is 1. The van der Waals surface area contributed by atoms with Crippen molar-refractivity contribution in [3.05, 3.63) is 28.0 Å². The lowest BCUT2D eigenvalue weighted by molar-refractivity contribution is -0.136. The van der Waals surface area contributed by atoms with E-state index < -0.39 is 5.60 Å². The zero-order valence-electron chi connectivity index (χ0n) is 12.1. The Morgan fingerprint density at radius 1 is 1.23 bits per heavy atom. The van der Waals surface area contributed by atoms with Gasteiger partial charge in [0.05, 0.1) is 11.2 Å². The van der Waals surface area contributed by atoms with E-state index >= 15 is 0 Å². The molecule has 4 nitrogen and oxygen atoms in total. The molecule has 0 aliphatic heterocycles. The van der Waals surface area contributed by atoms with Crippen LogP contribution in [0.4, 0.5) is 0 Å². The monoisotopic (exact) mass is 340 g/mol. The molecule has 4 aliphatic carbocycles. The number of aromatic nitrogens is 1. The molecule has 1 aromatic heterocycles. The van der Waals surface area contributed by atoms with Gasteiger partial charge in [0.1, 0.15) is 10.3 Å². The summed E-state index contributed by atoms with van der Waals surface area (Å²) in [7, 11) is 0. The average molecular weight is 341 g/mol. The highest BCUT2D eigenvalue weighted by molar-refractivity contribution is 6.34. The van der Waals surface area contributed by atoms with Crippen LogP contribution >= 0.6 is 23.2 Å². The van der Waals surface area contributed by atoms with Gasteiger partial charge in [0.25, 0.3) is 5.91 Å². The Bertz CT molecular complexity index is 621. The quantitative estimate of drug-likeness (QED) is 0.813. The first-order chi connectivity index (χ1) is 10.4. The van der Waals surface area contributed by atoms with Crippen LogP contribution in [-0.2, 0) is 0 Å². The third kappa shape index (κ3) is 2.41. The van der Waals surface area contributed by atoms with Gasteiger partial charge >= 0.3 is 0 Å². The van der Waals surface area contributed by atoms with Crippen molar-refractivity contribution in [2.75, 3.05) is 0 Å². The molecule has 1 aromatic rings. The molecule has 1 amide bonds. The van der Waals surface area contributed by atoms with Gasteiger partial charge in [-0.3, -0.25) is 4.79 Å². The molecule has 4 saturated carbocycles. The van der Waals surface area contributed by atoms with E-state index in [9.17, 15) is 9.90 Å². The van der Waals surface area contributed by atoms with Crippen molar-refractivity contribution in [3.8, 4) is 0 Å². The van der Waals surface area contributed by atoms with Gasteiger partial charge < -0.3 is 10.4 Å². The first-order valence-electron chi connectivity index (χ1n) is 7.79. The first-order valence-corrected chi connectivity index (χ1v) is 8.54. The second-order valence-electron chi connectivity index (χ2n) is 7.17. The van der Waals surface area contributed by atoms with Crippen molar-refractivity contribution >= 4 is 29.1 Å². The molecular weight excluding hydrogens is 323 g/mol. The van der Waals surface area contributed by atoms with Gasteiger partial charge in [0.15, 0.2) is 0 Å². The molecule has 2 atom stereocenters. The van der Waals surface area contributed by atoms with Gasteiger partial charge in [0.2, 0.25) is 0 Å². The Balaban J connectivity index is 1.53. The van der Waals surface area contributed by atoms with Gasteiger partial charge in [-0.1, -0.05) is 23.2 Å². The van der Waals surface area contributed by atoms with Crippen LogP contribution in [0.1, 0.15) is 42.5 Å². The number of carbonyl (C=O) groups is 1. The lowest BCUT2D eigenvalue weighted by Crippen LogP contribution is -2.61. The summed E-state index contributed by atoms with van der Waals surface area (Å²) in [6, 6.07) is 3.31. The van der Waals surface area contributed by atoms with Crippen LogP contribution in [0.25, 0.3) is 0 Å². The molecule has 22 heavy (non-hydrogen) atoms. The van der Waals surface area contributed by atoms with E-state index in [0.717, 1.165) is 32.1 Å². The second-order valence-corrected chi connectivity index (χ2v) is 7.91. The minimum atomic E-state index is -0.489. The number of hydrogen-bond donors (Lipinski definition) is 2. The largest absolute Gasteiger partial charge is 0.390 e. The normalized spacial score (nSPS) is 39.0. The van der Waals surface area contributed by atoms with Crippen molar-refractivity contribution in [2.24, 2.45) is 17.8 Å². The third-order valence-corrected chi connectivity index (χ3v) is 6.10. The fourth-order valence-electron chi connectivity index (χ4n) is 5.03. The molecule has 0 spiro atoms. The molecule has 5 rings (SSSR count). The average Bonchev–Trinajstić information content (AvgIpc) is 2.40. The Hall–Kier alpha value is -0.840. The number of carbonyl (C=O) groups excluding carboxylic acids is 1. The number of halogens is 2. The molecule has 2 N–H and O–H groups in total. The Morgan fingerprint density at radius 3 is 2.50 bits per heavy atom. The maximum Gasteiger partial charge on any atom is 0.254 e. The summed E-state index contributed by atoms with van der Waals surface area (Å²) in [5.41, 5.74) is -0.129. The Morgan fingerprint density at radius 2 is 1.91 bits per heavy atom. The molecular formula is C16H18Cl2N2O2. The van der Waals surface area contributed by atoms with Crippen LogP contribution in [0.2, 0.25) is 10.3 Å². The molecule has 0 saturated heterocycles. The maximum absolute atomic E-state index is 12.5. The van der Waals surface area contributed by atoms with E-state index in [1.807, 2.05) is 0 Å². The lowest BCUT2D eigenvalue weighted by atomic mass is 9.52. The molecule has 4 fully saturated rings. The van der Waals surface area contributed by atoms with E-state index in [1.54, 1.807) is 12.1 Å². The Labute approximate surface area is 139 Å². The topological polar surface area (TPSA) is 62.2 Å². The third-order valence-electron chi connectivity index (χ3n) is 5.60. The summed E-state index contributed by atoms with van der Waals surface area (Å²) in [6.45, 7) is 0. The van der Waals surface area contributed by atoms with Crippen molar-refractivity contribution in [2.45, 2.75) is 43.7 Å². The summed E-state index contributed by atoms with van der Waals surface area (Å²) in [6.07, 6.45) is 4.76. The first kappa shape index (κ1) is 14.7. The molecule has 2 unspecified atom stereocenters. The molecule has 4 aliphatic rings. The number of hydrogen-bond acceptors (Lipinski definition) is 3. The molecule has 1 heterocycles. The molecule has 118 valence electrons. The smallest absolute Gasteiger partial charge is 0.254 e. The van der Waals surface area contributed by atoms with Crippen LogP contribution in [-0.4, -0.2) is 27.6 Å². The second kappa shape index (κ2) is 5.08. The van der Waals surface area contributed by atoms with Crippen LogP contribution in [0, 0.1) is 17.8 Å². The summed E-state index contributed by atoms with van der Waals surface area (Å²) in [4.78, 5) is 16.4. The van der Waals surface area contributed by atoms with Crippen molar-refractivity contribution in [3.63, 3.8) is 0 Å². The van der Waals surface area contributed by atoms with Crippen LogP contribution in [0.15, 0.2) is 12.1 Å². The molecule has 6 heteroatoms. The summed E-state index contributed by atoms with van der Waals surface area (Å²) >= 11 is 11.8.